The highest BCUT2D eigenvalue weighted by molar-refractivity contribution is 8.00. The number of thioether (sulfide) groups is 1. The van der Waals surface area contributed by atoms with Gasteiger partial charge in [0.1, 0.15) is 5.92 Å². The number of nitrogens with zero attached hydrogens (tertiary/aromatic N) is 1. The van der Waals surface area contributed by atoms with E-state index in [2.05, 4.69) is 0 Å². The summed E-state index contributed by atoms with van der Waals surface area (Å²) in [5.41, 5.74) is 1.11. The number of hydrogen-bond donors (Lipinski definition) is 0. The molecular formula is C19H25NO6S. The third-order valence-electron chi connectivity index (χ3n) is 4.65. The van der Waals surface area contributed by atoms with Gasteiger partial charge in [0.2, 0.25) is 6.04 Å². The van der Waals surface area contributed by atoms with Gasteiger partial charge in [-0.3, -0.25) is 19.7 Å². The van der Waals surface area contributed by atoms with E-state index in [9.17, 15) is 19.7 Å². The second-order valence-corrected chi connectivity index (χ2v) is 7.82. The minimum absolute atomic E-state index is 0.0289. The first kappa shape index (κ1) is 21.2. The van der Waals surface area contributed by atoms with E-state index in [1.807, 2.05) is 31.2 Å². The Balaban J connectivity index is 2.29. The maximum atomic E-state index is 12.4. The highest BCUT2D eigenvalue weighted by Gasteiger charge is 2.50. The second kappa shape index (κ2) is 9.73. The second-order valence-electron chi connectivity index (χ2n) is 6.51. The molecule has 0 radical (unpaired) electrons. The van der Waals surface area contributed by atoms with Crippen LogP contribution in [0.5, 0.6) is 0 Å². The van der Waals surface area contributed by atoms with Crippen LogP contribution < -0.4 is 0 Å². The Labute approximate surface area is 162 Å². The number of esters is 2. The average Bonchev–Trinajstić information content (AvgIpc) is 2.63. The van der Waals surface area contributed by atoms with Gasteiger partial charge < -0.3 is 9.47 Å². The molecule has 27 heavy (non-hydrogen) atoms. The van der Waals surface area contributed by atoms with Crippen LogP contribution in [0, 0.1) is 28.9 Å². The molecule has 1 aliphatic rings. The van der Waals surface area contributed by atoms with Crippen LogP contribution in [0.3, 0.4) is 0 Å². The number of hydrogen-bond acceptors (Lipinski definition) is 7. The van der Waals surface area contributed by atoms with Crippen molar-refractivity contribution >= 4 is 23.7 Å². The van der Waals surface area contributed by atoms with E-state index < -0.39 is 34.7 Å². The summed E-state index contributed by atoms with van der Waals surface area (Å²) in [4.78, 5) is 36.8. The van der Waals surface area contributed by atoms with Crippen molar-refractivity contribution in [3.8, 4) is 0 Å². The van der Waals surface area contributed by atoms with Gasteiger partial charge in [0.15, 0.2) is 0 Å². The lowest BCUT2D eigenvalue weighted by Gasteiger charge is -2.34. The quantitative estimate of drug-likeness (QED) is 0.397. The molecule has 0 aromatic heterocycles. The van der Waals surface area contributed by atoms with Crippen LogP contribution in [0.4, 0.5) is 0 Å². The zero-order valence-electron chi connectivity index (χ0n) is 15.8. The first-order chi connectivity index (χ1) is 12.9. The molecular weight excluding hydrogens is 370 g/mol. The molecule has 0 amide bonds. The van der Waals surface area contributed by atoms with Crippen molar-refractivity contribution in [3.05, 3.63) is 39.9 Å². The first-order valence-electron chi connectivity index (χ1n) is 9.07. The van der Waals surface area contributed by atoms with Crippen LogP contribution in [-0.4, -0.2) is 41.4 Å². The van der Waals surface area contributed by atoms with Crippen molar-refractivity contribution < 1.29 is 24.0 Å². The van der Waals surface area contributed by atoms with Crippen LogP contribution in [0.2, 0.25) is 0 Å². The molecule has 148 valence electrons. The Kier molecular flexibility index (Phi) is 7.65. The summed E-state index contributed by atoms with van der Waals surface area (Å²) >= 11 is 1.46. The summed E-state index contributed by atoms with van der Waals surface area (Å²) in [6.07, 6.45) is 0.172. The number of rotatable bonds is 7. The molecule has 1 aromatic rings. The number of carbonyl (C=O) groups excluding carboxylic acids is 2. The minimum atomic E-state index is -1.15. The molecule has 2 rings (SSSR count). The van der Waals surface area contributed by atoms with E-state index in [-0.39, 0.29) is 31.3 Å². The van der Waals surface area contributed by atoms with Crippen molar-refractivity contribution in [2.45, 2.75) is 49.8 Å². The molecule has 1 saturated carbocycles. The van der Waals surface area contributed by atoms with E-state index in [1.54, 1.807) is 13.8 Å². The topological polar surface area (TPSA) is 95.7 Å². The predicted molar refractivity (Wildman–Crippen MR) is 101 cm³/mol. The summed E-state index contributed by atoms with van der Waals surface area (Å²) in [5, 5.41) is 11.2. The van der Waals surface area contributed by atoms with Crippen molar-refractivity contribution in [1.29, 1.82) is 0 Å². The Morgan fingerprint density at radius 3 is 2.15 bits per heavy atom. The van der Waals surface area contributed by atoms with E-state index in [4.69, 9.17) is 9.47 Å². The van der Waals surface area contributed by atoms with Gasteiger partial charge >= 0.3 is 11.9 Å². The van der Waals surface area contributed by atoms with Crippen molar-refractivity contribution in [3.63, 3.8) is 0 Å². The molecule has 0 heterocycles. The molecule has 0 saturated heterocycles. The molecule has 0 aliphatic heterocycles. The molecule has 4 atom stereocenters. The van der Waals surface area contributed by atoms with Crippen LogP contribution in [0.25, 0.3) is 0 Å². The van der Waals surface area contributed by atoms with Gasteiger partial charge in [-0.25, -0.2) is 0 Å². The third kappa shape index (κ3) is 5.45. The number of benzene rings is 1. The smallest absolute Gasteiger partial charge is 0.315 e. The Hall–Kier alpha value is -2.09. The van der Waals surface area contributed by atoms with Crippen molar-refractivity contribution in [2.75, 3.05) is 13.2 Å². The van der Waals surface area contributed by atoms with Gasteiger partial charge in [0.25, 0.3) is 0 Å². The molecule has 1 aromatic carbocycles. The Morgan fingerprint density at radius 2 is 1.63 bits per heavy atom. The Morgan fingerprint density at radius 1 is 1.07 bits per heavy atom. The predicted octanol–water partition coefficient (Wildman–Crippen LogP) is 3.25. The molecule has 8 heteroatoms. The summed E-state index contributed by atoms with van der Waals surface area (Å²) in [5.74, 6) is -2.53. The largest absolute Gasteiger partial charge is 0.466 e. The first-order valence-corrected chi connectivity index (χ1v) is 9.95. The highest BCUT2D eigenvalue weighted by Crippen LogP contribution is 2.42. The van der Waals surface area contributed by atoms with Crippen molar-refractivity contribution in [1.82, 2.24) is 0 Å². The van der Waals surface area contributed by atoms with E-state index in [0.29, 0.717) is 0 Å². The van der Waals surface area contributed by atoms with E-state index in [1.165, 1.54) is 11.8 Å². The lowest BCUT2D eigenvalue weighted by Crippen LogP contribution is -2.47. The summed E-state index contributed by atoms with van der Waals surface area (Å²) in [6.45, 7) is 5.73. The average molecular weight is 395 g/mol. The zero-order chi connectivity index (χ0) is 20.0. The molecule has 0 spiro atoms. The number of nitro groups is 1. The van der Waals surface area contributed by atoms with Crippen LogP contribution in [0.1, 0.15) is 32.3 Å². The van der Waals surface area contributed by atoms with Crippen molar-refractivity contribution in [2.24, 2.45) is 11.8 Å². The zero-order valence-corrected chi connectivity index (χ0v) is 16.6. The lowest BCUT2D eigenvalue weighted by atomic mass is 9.78. The van der Waals surface area contributed by atoms with Gasteiger partial charge in [-0.15, -0.1) is 11.8 Å². The maximum Gasteiger partial charge on any atom is 0.315 e. The summed E-state index contributed by atoms with van der Waals surface area (Å²) in [6, 6.07) is 6.68. The fraction of sp³-hybridized carbons (Fsp3) is 0.579. The monoisotopic (exact) mass is 395 g/mol. The van der Waals surface area contributed by atoms with Gasteiger partial charge in [0, 0.05) is 21.5 Å². The van der Waals surface area contributed by atoms with E-state index in [0.717, 1.165) is 10.5 Å². The molecule has 1 fully saturated rings. The van der Waals surface area contributed by atoms with Crippen LogP contribution >= 0.6 is 11.8 Å². The maximum absolute atomic E-state index is 12.4. The number of aryl methyl sites for hydroxylation is 1. The number of carbonyl (C=O) groups is 2. The highest BCUT2D eigenvalue weighted by atomic mass is 32.2. The Bertz CT molecular complexity index is 677. The van der Waals surface area contributed by atoms with Crippen LogP contribution in [0.15, 0.2) is 29.2 Å². The van der Waals surface area contributed by atoms with Gasteiger partial charge in [-0.2, -0.15) is 0 Å². The lowest BCUT2D eigenvalue weighted by molar-refractivity contribution is -0.534. The standard InChI is InChI=1S/C19H25NO6S/c1-4-25-18(21)14-11-17(27-13-8-6-12(3)7-9-13)15(19(22)26-5-2)10-16(14)20(23)24/h6-9,14-17H,4-5,10-11H2,1-3H3. The van der Waals surface area contributed by atoms with Gasteiger partial charge in [-0.1, -0.05) is 17.7 Å². The molecule has 0 N–H and O–H groups in total. The normalized spacial score (nSPS) is 24.9. The molecule has 4 unspecified atom stereocenters. The fourth-order valence-corrected chi connectivity index (χ4v) is 4.64. The molecule has 7 nitrogen and oxygen atoms in total. The third-order valence-corrected chi connectivity index (χ3v) is 6.02. The molecule has 0 bridgehead atoms. The summed E-state index contributed by atoms with van der Waals surface area (Å²) in [7, 11) is 0. The molecule has 1 aliphatic carbocycles. The SMILES string of the molecule is CCOC(=O)C1CC([N+](=O)[O-])C(C(=O)OCC)CC1Sc1ccc(C)cc1. The summed E-state index contributed by atoms with van der Waals surface area (Å²) < 4.78 is 10.2. The number of ether oxygens (including phenoxy) is 2. The van der Waals surface area contributed by atoms with Gasteiger partial charge in [-0.05, 0) is 39.3 Å². The minimum Gasteiger partial charge on any atom is -0.466 e. The van der Waals surface area contributed by atoms with Crippen LogP contribution in [-0.2, 0) is 19.1 Å². The van der Waals surface area contributed by atoms with E-state index >= 15 is 0 Å². The van der Waals surface area contributed by atoms with Gasteiger partial charge in [0.05, 0.1) is 19.1 Å². The fourth-order valence-electron chi connectivity index (χ4n) is 3.30.